The molecule has 1 aliphatic heterocycles. The summed E-state index contributed by atoms with van der Waals surface area (Å²) in [7, 11) is 1.57. The lowest BCUT2D eigenvalue weighted by atomic mass is 10.1. The molecular formula is C24H27N5O3. The highest BCUT2D eigenvalue weighted by molar-refractivity contribution is 6.12. The van der Waals surface area contributed by atoms with Crippen LogP contribution in [0.25, 0.3) is 11.0 Å². The number of fused-ring (bicyclic) bond motifs is 1. The van der Waals surface area contributed by atoms with Gasteiger partial charge < -0.3 is 15.0 Å². The summed E-state index contributed by atoms with van der Waals surface area (Å²) >= 11 is 0. The van der Waals surface area contributed by atoms with Crippen LogP contribution in [0.15, 0.2) is 30.5 Å². The second-order valence-electron chi connectivity index (χ2n) is 8.78. The van der Waals surface area contributed by atoms with Crippen molar-refractivity contribution in [3.05, 3.63) is 41.7 Å². The van der Waals surface area contributed by atoms with Gasteiger partial charge in [-0.15, -0.1) is 0 Å². The van der Waals surface area contributed by atoms with E-state index in [1.807, 2.05) is 16.8 Å². The van der Waals surface area contributed by atoms with Crippen molar-refractivity contribution in [2.24, 2.45) is 0 Å². The first-order valence-electron chi connectivity index (χ1n) is 11.1. The van der Waals surface area contributed by atoms with Crippen LogP contribution in [-0.2, 0) is 4.79 Å². The third kappa shape index (κ3) is 3.59. The van der Waals surface area contributed by atoms with E-state index in [1.165, 1.54) is 0 Å². The lowest BCUT2D eigenvalue weighted by Gasteiger charge is -2.19. The van der Waals surface area contributed by atoms with Crippen LogP contribution in [-0.4, -0.2) is 40.2 Å². The Balaban J connectivity index is 1.48. The topological polar surface area (TPSA) is 89.3 Å². The minimum atomic E-state index is -0.213. The third-order valence-corrected chi connectivity index (χ3v) is 6.12. The maximum absolute atomic E-state index is 13.3. The van der Waals surface area contributed by atoms with E-state index in [2.05, 4.69) is 24.3 Å². The van der Waals surface area contributed by atoms with Crippen LogP contribution in [0.4, 0.5) is 11.4 Å². The van der Waals surface area contributed by atoms with Gasteiger partial charge in [0, 0.05) is 42.4 Å². The summed E-state index contributed by atoms with van der Waals surface area (Å²) in [5.74, 6) is 0.853. The normalized spacial score (nSPS) is 16.2. The third-order valence-electron chi connectivity index (χ3n) is 6.12. The molecule has 2 aromatic heterocycles. The molecule has 3 aromatic rings. The number of carbonyl (C=O) groups excluding carboxylic acids is 2. The zero-order chi connectivity index (χ0) is 22.4. The summed E-state index contributed by atoms with van der Waals surface area (Å²) in [6.45, 7) is 4.78. The second kappa shape index (κ2) is 7.93. The van der Waals surface area contributed by atoms with Crippen LogP contribution in [0.3, 0.4) is 0 Å². The molecule has 32 heavy (non-hydrogen) atoms. The van der Waals surface area contributed by atoms with Gasteiger partial charge in [0.25, 0.3) is 5.91 Å². The number of pyridine rings is 1. The number of anilines is 2. The molecule has 5 rings (SSSR count). The molecule has 2 aliphatic rings. The van der Waals surface area contributed by atoms with E-state index in [9.17, 15) is 9.59 Å². The van der Waals surface area contributed by atoms with Crippen LogP contribution in [0.5, 0.6) is 5.75 Å². The minimum absolute atomic E-state index is 0.0917. The number of hydrogen-bond acceptors (Lipinski definition) is 5. The molecule has 1 saturated carbocycles. The first-order chi connectivity index (χ1) is 15.5. The van der Waals surface area contributed by atoms with Gasteiger partial charge in [-0.05, 0) is 51.3 Å². The number of hydrogen-bond donors (Lipinski definition) is 1. The van der Waals surface area contributed by atoms with Gasteiger partial charge in [-0.1, -0.05) is 0 Å². The molecule has 3 heterocycles. The SMILES string of the molecule is COc1cc(NC(=O)c2cc(C3CC3)nc3c2cnn3C(C)C)ccc1N1CCCC1=O. The number of rotatable bonds is 6. The number of carbonyl (C=O) groups is 2. The maximum Gasteiger partial charge on any atom is 0.256 e. The molecule has 166 valence electrons. The van der Waals surface area contributed by atoms with E-state index >= 15 is 0 Å². The maximum atomic E-state index is 13.3. The van der Waals surface area contributed by atoms with Gasteiger partial charge >= 0.3 is 0 Å². The molecule has 0 atom stereocenters. The molecule has 0 bridgehead atoms. The fourth-order valence-electron chi connectivity index (χ4n) is 4.27. The number of methoxy groups -OCH3 is 1. The highest BCUT2D eigenvalue weighted by Gasteiger charge is 2.29. The highest BCUT2D eigenvalue weighted by atomic mass is 16.5. The predicted molar refractivity (Wildman–Crippen MR) is 122 cm³/mol. The molecule has 0 unspecified atom stereocenters. The molecule has 1 aromatic carbocycles. The van der Waals surface area contributed by atoms with Crippen molar-refractivity contribution in [2.75, 3.05) is 23.9 Å². The average molecular weight is 434 g/mol. The van der Waals surface area contributed by atoms with Crippen LogP contribution >= 0.6 is 0 Å². The van der Waals surface area contributed by atoms with Crippen LogP contribution < -0.4 is 15.0 Å². The summed E-state index contributed by atoms with van der Waals surface area (Å²) in [6.07, 6.45) is 5.31. The van der Waals surface area contributed by atoms with Gasteiger partial charge in [0.1, 0.15) is 5.75 Å². The molecule has 1 N–H and O–H groups in total. The Kier molecular flexibility index (Phi) is 5.07. The highest BCUT2D eigenvalue weighted by Crippen LogP contribution is 2.40. The summed E-state index contributed by atoms with van der Waals surface area (Å²) < 4.78 is 7.39. The molecule has 8 heteroatoms. The Hall–Kier alpha value is -3.42. The fourth-order valence-corrected chi connectivity index (χ4v) is 4.27. The number of nitrogens with zero attached hydrogens (tertiary/aromatic N) is 4. The van der Waals surface area contributed by atoms with E-state index < -0.39 is 0 Å². The molecule has 8 nitrogen and oxygen atoms in total. The van der Waals surface area contributed by atoms with Crippen LogP contribution in [0, 0.1) is 0 Å². The first kappa shape index (κ1) is 20.5. The smallest absolute Gasteiger partial charge is 0.256 e. The summed E-state index contributed by atoms with van der Waals surface area (Å²) in [6, 6.07) is 7.44. The van der Waals surface area contributed by atoms with Crippen LogP contribution in [0.2, 0.25) is 0 Å². The Morgan fingerprint density at radius 1 is 1.25 bits per heavy atom. The van der Waals surface area contributed by atoms with Crippen molar-refractivity contribution >= 4 is 34.2 Å². The van der Waals surface area contributed by atoms with Crippen molar-refractivity contribution in [1.29, 1.82) is 0 Å². The van der Waals surface area contributed by atoms with E-state index in [4.69, 9.17) is 9.72 Å². The van der Waals surface area contributed by atoms with Crippen molar-refractivity contribution in [2.45, 2.75) is 51.5 Å². The number of aromatic nitrogens is 3. The largest absolute Gasteiger partial charge is 0.494 e. The van der Waals surface area contributed by atoms with Crippen molar-refractivity contribution in [3.8, 4) is 5.75 Å². The Bertz CT molecular complexity index is 1210. The van der Waals surface area contributed by atoms with E-state index in [-0.39, 0.29) is 17.9 Å². The van der Waals surface area contributed by atoms with E-state index in [1.54, 1.807) is 30.3 Å². The monoisotopic (exact) mass is 433 g/mol. The van der Waals surface area contributed by atoms with Gasteiger partial charge in [0.15, 0.2) is 5.65 Å². The quantitative estimate of drug-likeness (QED) is 0.627. The van der Waals surface area contributed by atoms with Gasteiger partial charge in [0.2, 0.25) is 5.91 Å². The standard InChI is InChI=1S/C24H27N5O3/c1-14(2)29-23-18(13-25-29)17(12-19(27-23)15-6-7-15)24(31)26-16-8-9-20(21(11-16)32-3)28-10-4-5-22(28)30/h8-9,11-15H,4-7,10H2,1-3H3,(H,26,31). The average Bonchev–Trinajstić information content (AvgIpc) is 3.40. The Morgan fingerprint density at radius 2 is 2.06 bits per heavy atom. The molecule has 0 radical (unpaired) electrons. The van der Waals surface area contributed by atoms with Crippen LogP contribution in [0.1, 0.15) is 67.5 Å². The molecule has 1 saturated heterocycles. The van der Waals surface area contributed by atoms with Gasteiger partial charge in [-0.3, -0.25) is 9.59 Å². The molecular weight excluding hydrogens is 406 g/mol. The number of benzene rings is 1. The van der Waals surface area contributed by atoms with Gasteiger partial charge in [-0.25, -0.2) is 9.67 Å². The van der Waals surface area contributed by atoms with E-state index in [0.717, 1.165) is 41.7 Å². The van der Waals surface area contributed by atoms with Crippen molar-refractivity contribution < 1.29 is 14.3 Å². The van der Waals surface area contributed by atoms with Gasteiger partial charge in [0.05, 0.1) is 29.9 Å². The Morgan fingerprint density at radius 3 is 2.72 bits per heavy atom. The Labute approximate surface area is 186 Å². The molecule has 2 amide bonds. The lowest BCUT2D eigenvalue weighted by Crippen LogP contribution is -2.24. The van der Waals surface area contributed by atoms with Crippen molar-refractivity contribution in [3.63, 3.8) is 0 Å². The van der Waals surface area contributed by atoms with E-state index in [0.29, 0.717) is 35.9 Å². The molecule has 2 fully saturated rings. The number of amides is 2. The minimum Gasteiger partial charge on any atom is -0.494 e. The molecule has 0 spiro atoms. The first-order valence-corrected chi connectivity index (χ1v) is 11.1. The summed E-state index contributed by atoms with van der Waals surface area (Å²) in [4.78, 5) is 32.0. The summed E-state index contributed by atoms with van der Waals surface area (Å²) in [5.41, 5.74) is 3.60. The zero-order valence-corrected chi connectivity index (χ0v) is 18.6. The lowest BCUT2D eigenvalue weighted by molar-refractivity contribution is -0.117. The summed E-state index contributed by atoms with van der Waals surface area (Å²) in [5, 5.41) is 8.21. The second-order valence-corrected chi connectivity index (χ2v) is 8.78. The number of nitrogens with one attached hydrogen (secondary N) is 1. The number of ether oxygens (including phenoxy) is 1. The van der Waals surface area contributed by atoms with Crippen molar-refractivity contribution in [1.82, 2.24) is 14.8 Å². The molecule has 1 aliphatic carbocycles. The fraction of sp³-hybridized carbons (Fsp3) is 0.417. The van der Waals surface area contributed by atoms with Gasteiger partial charge in [-0.2, -0.15) is 5.10 Å². The predicted octanol–water partition coefficient (Wildman–Crippen LogP) is 4.28. The zero-order valence-electron chi connectivity index (χ0n) is 18.6.